The van der Waals surface area contributed by atoms with E-state index in [0.717, 1.165) is 16.8 Å². The zero-order valence-electron chi connectivity index (χ0n) is 12.6. The predicted molar refractivity (Wildman–Crippen MR) is 89.0 cm³/mol. The number of rotatable bonds is 2. The third kappa shape index (κ3) is 2.77. The van der Waals surface area contributed by atoms with Crippen LogP contribution in [0, 0.1) is 6.92 Å². The molecule has 0 fully saturated rings. The number of hydrogen-bond donors (Lipinski definition) is 0. The van der Waals surface area contributed by atoms with Gasteiger partial charge in [0.2, 0.25) is 5.91 Å². The van der Waals surface area contributed by atoms with Crippen molar-refractivity contribution in [1.29, 1.82) is 0 Å². The van der Waals surface area contributed by atoms with Gasteiger partial charge in [0.25, 0.3) is 0 Å². The van der Waals surface area contributed by atoms with Gasteiger partial charge in [-0.3, -0.25) is 4.79 Å². The van der Waals surface area contributed by atoms with Gasteiger partial charge in [0.05, 0.1) is 11.8 Å². The number of benzene rings is 2. The average Bonchev–Trinajstić information content (AvgIpc) is 2.93. The molecule has 0 aliphatic carbocycles. The van der Waals surface area contributed by atoms with E-state index in [4.69, 9.17) is 11.6 Å². The molecule has 4 heteroatoms. The molecule has 0 spiro atoms. The van der Waals surface area contributed by atoms with E-state index in [1.807, 2.05) is 31.2 Å². The number of hydrazone groups is 1. The van der Waals surface area contributed by atoms with E-state index >= 15 is 0 Å². The van der Waals surface area contributed by atoms with Gasteiger partial charge in [-0.25, -0.2) is 5.01 Å². The molecule has 0 aromatic heterocycles. The summed E-state index contributed by atoms with van der Waals surface area (Å²) in [6.45, 7) is 3.59. The second-order valence-electron chi connectivity index (χ2n) is 5.52. The molecule has 0 saturated heterocycles. The molecule has 1 unspecified atom stereocenters. The van der Waals surface area contributed by atoms with E-state index in [0.29, 0.717) is 11.4 Å². The second kappa shape index (κ2) is 5.93. The van der Waals surface area contributed by atoms with Crippen molar-refractivity contribution < 1.29 is 4.79 Å². The van der Waals surface area contributed by atoms with E-state index in [1.54, 1.807) is 11.9 Å². The van der Waals surface area contributed by atoms with Crippen LogP contribution in [0.3, 0.4) is 0 Å². The van der Waals surface area contributed by atoms with Crippen molar-refractivity contribution in [3.63, 3.8) is 0 Å². The highest BCUT2D eigenvalue weighted by molar-refractivity contribution is 6.34. The second-order valence-corrected chi connectivity index (χ2v) is 5.93. The molecule has 0 bridgehead atoms. The first-order chi connectivity index (χ1) is 10.6. The van der Waals surface area contributed by atoms with Gasteiger partial charge in [0.1, 0.15) is 0 Å². The minimum atomic E-state index is -0.0654. The largest absolute Gasteiger partial charge is 0.273 e. The molecule has 1 amide bonds. The Balaban J connectivity index is 1.96. The molecule has 2 aromatic carbocycles. The molecule has 1 aliphatic heterocycles. The first-order valence-corrected chi connectivity index (χ1v) is 7.63. The highest BCUT2D eigenvalue weighted by Gasteiger charge is 2.31. The summed E-state index contributed by atoms with van der Waals surface area (Å²) in [6.07, 6.45) is 0.673. The molecule has 22 heavy (non-hydrogen) atoms. The fourth-order valence-corrected chi connectivity index (χ4v) is 2.95. The number of nitrogens with zero attached hydrogens (tertiary/aromatic N) is 2. The van der Waals surface area contributed by atoms with Crippen LogP contribution in [0.5, 0.6) is 0 Å². The fraction of sp³-hybridized carbons (Fsp3) is 0.222. The Labute approximate surface area is 135 Å². The van der Waals surface area contributed by atoms with Crippen LogP contribution in [0.1, 0.15) is 36.1 Å². The van der Waals surface area contributed by atoms with Gasteiger partial charge in [-0.1, -0.05) is 59.6 Å². The van der Waals surface area contributed by atoms with Gasteiger partial charge in [-0.15, -0.1) is 0 Å². The smallest absolute Gasteiger partial charge is 0.240 e. The predicted octanol–water partition coefficient (Wildman–Crippen LogP) is 4.35. The van der Waals surface area contributed by atoms with Crippen LogP contribution >= 0.6 is 11.6 Å². The molecule has 2 aromatic rings. The monoisotopic (exact) mass is 312 g/mol. The number of aryl methyl sites for hydroxylation is 1. The first-order valence-electron chi connectivity index (χ1n) is 7.25. The standard InChI is InChI=1S/C18H17ClN2O/c1-12-7-9-14(10-8-12)18-11-17(20-21(18)13(2)22)15-5-3-4-6-16(15)19/h3-10,18H,11H2,1-2H3. The third-order valence-corrected chi connectivity index (χ3v) is 4.21. The van der Waals surface area contributed by atoms with Crippen LogP contribution in [0.2, 0.25) is 5.02 Å². The average molecular weight is 313 g/mol. The Morgan fingerprint density at radius 1 is 1.18 bits per heavy atom. The molecular weight excluding hydrogens is 296 g/mol. The zero-order valence-corrected chi connectivity index (χ0v) is 13.3. The molecule has 1 heterocycles. The maximum absolute atomic E-state index is 11.9. The number of hydrogen-bond acceptors (Lipinski definition) is 2. The Kier molecular flexibility index (Phi) is 3.99. The van der Waals surface area contributed by atoms with Crippen LogP contribution in [0.15, 0.2) is 53.6 Å². The van der Waals surface area contributed by atoms with Gasteiger partial charge < -0.3 is 0 Å². The number of carbonyl (C=O) groups is 1. The van der Waals surface area contributed by atoms with E-state index in [2.05, 4.69) is 29.4 Å². The van der Waals surface area contributed by atoms with Gasteiger partial charge in [0, 0.05) is 23.9 Å². The minimum absolute atomic E-state index is 0.0624. The molecule has 3 rings (SSSR count). The first kappa shape index (κ1) is 14.8. The topological polar surface area (TPSA) is 32.7 Å². The van der Waals surface area contributed by atoms with E-state index in [-0.39, 0.29) is 11.9 Å². The lowest BCUT2D eigenvalue weighted by molar-refractivity contribution is -0.130. The Morgan fingerprint density at radius 2 is 1.86 bits per heavy atom. The maximum atomic E-state index is 11.9. The molecule has 1 atom stereocenters. The Morgan fingerprint density at radius 3 is 2.50 bits per heavy atom. The van der Waals surface area contributed by atoms with Crippen molar-refractivity contribution >= 4 is 23.2 Å². The summed E-state index contributed by atoms with van der Waals surface area (Å²) in [6, 6.07) is 15.8. The normalized spacial score (nSPS) is 17.5. The molecule has 3 nitrogen and oxygen atoms in total. The van der Waals surface area contributed by atoms with Crippen LogP contribution in [-0.4, -0.2) is 16.6 Å². The summed E-state index contributed by atoms with van der Waals surface area (Å²) in [7, 11) is 0. The highest BCUT2D eigenvalue weighted by Crippen LogP contribution is 2.34. The lowest BCUT2D eigenvalue weighted by Crippen LogP contribution is -2.24. The van der Waals surface area contributed by atoms with Crippen LogP contribution in [0.4, 0.5) is 0 Å². The maximum Gasteiger partial charge on any atom is 0.240 e. The molecule has 0 N–H and O–H groups in total. The van der Waals surface area contributed by atoms with Crippen molar-refractivity contribution in [2.45, 2.75) is 26.3 Å². The number of carbonyl (C=O) groups excluding carboxylic acids is 1. The Bertz CT molecular complexity index is 737. The van der Waals surface area contributed by atoms with Gasteiger partial charge in [-0.05, 0) is 18.6 Å². The fourth-order valence-electron chi connectivity index (χ4n) is 2.71. The van der Waals surface area contributed by atoms with Crippen LogP contribution < -0.4 is 0 Å². The van der Waals surface area contributed by atoms with E-state index in [9.17, 15) is 4.79 Å². The zero-order chi connectivity index (χ0) is 15.7. The highest BCUT2D eigenvalue weighted by atomic mass is 35.5. The van der Waals surface area contributed by atoms with Crippen LogP contribution in [0.25, 0.3) is 0 Å². The summed E-state index contributed by atoms with van der Waals surface area (Å²) < 4.78 is 0. The van der Waals surface area contributed by atoms with E-state index in [1.165, 1.54) is 5.56 Å². The molecule has 0 radical (unpaired) electrons. The minimum Gasteiger partial charge on any atom is -0.273 e. The van der Waals surface area contributed by atoms with Gasteiger partial charge in [0.15, 0.2) is 0 Å². The summed E-state index contributed by atoms with van der Waals surface area (Å²) in [5, 5.41) is 6.74. The summed E-state index contributed by atoms with van der Waals surface area (Å²) in [5.41, 5.74) is 4.03. The molecule has 112 valence electrons. The lowest BCUT2D eigenvalue weighted by atomic mass is 9.98. The van der Waals surface area contributed by atoms with Crippen molar-refractivity contribution in [2.75, 3.05) is 0 Å². The summed E-state index contributed by atoms with van der Waals surface area (Å²) >= 11 is 6.26. The quantitative estimate of drug-likeness (QED) is 0.811. The Hall–Kier alpha value is -2.13. The summed E-state index contributed by atoms with van der Waals surface area (Å²) in [5.74, 6) is -0.0624. The molecule has 0 saturated carbocycles. The SMILES string of the molecule is CC(=O)N1N=C(c2ccccc2Cl)CC1c1ccc(C)cc1. The summed E-state index contributed by atoms with van der Waals surface area (Å²) in [4.78, 5) is 11.9. The van der Waals surface area contributed by atoms with Crippen LogP contribution in [-0.2, 0) is 4.79 Å². The van der Waals surface area contributed by atoms with Crippen molar-refractivity contribution in [2.24, 2.45) is 5.10 Å². The van der Waals surface area contributed by atoms with Crippen molar-refractivity contribution in [3.8, 4) is 0 Å². The van der Waals surface area contributed by atoms with Crippen molar-refractivity contribution in [3.05, 3.63) is 70.2 Å². The lowest BCUT2D eigenvalue weighted by Gasteiger charge is -2.20. The van der Waals surface area contributed by atoms with Gasteiger partial charge in [-0.2, -0.15) is 5.10 Å². The number of amides is 1. The van der Waals surface area contributed by atoms with Crippen molar-refractivity contribution in [1.82, 2.24) is 5.01 Å². The molecular formula is C18H17ClN2O. The van der Waals surface area contributed by atoms with E-state index < -0.39 is 0 Å². The third-order valence-electron chi connectivity index (χ3n) is 3.88. The number of halogens is 1. The molecule has 1 aliphatic rings. The van der Waals surface area contributed by atoms with Gasteiger partial charge >= 0.3 is 0 Å².